The molecule has 0 aliphatic carbocycles. The van der Waals surface area contributed by atoms with Gasteiger partial charge in [0.2, 0.25) is 0 Å². The lowest BCUT2D eigenvalue weighted by Crippen LogP contribution is -2.39. The van der Waals surface area contributed by atoms with E-state index in [1.165, 1.54) is 0 Å². The number of hydrogen-bond acceptors (Lipinski definition) is 3. The number of halogens is 1. The molecule has 4 nitrogen and oxygen atoms in total. The molecule has 2 rings (SSSR count). The van der Waals surface area contributed by atoms with Gasteiger partial charge in [-0.1, -0.05) is 6.92 Å². The van der Waals surface area contributed by atoms with Crippen molar-refractivity contribution in [2.45, 2.75) is 19.4 Å². The first-order valence-corrected chi connectivity index (χ1v) is 6.40. The summed E-state index contributed by atoms with van der Waals surface area (Å²) in [5.74, 6) is 0.863. The van der Waals surface area contributed by atoms with Crippen molar-refractivity contribution >= 4 is 27.7 Å². The Kier molecular flexibility index (Phi) is 3.79. The quantitative estimate of drug-likeness (QED) is 0.841. The van der Waals surface area contributed by atoms with E-state index in [4.69, 9.17) is 4.74 Å². The summed E-state index contributed by atoms with van der Waals surface area (Å²) in [5, 5.41) is 0. The minimum Gasteiger partial charge on any atom is -0.368 e. The Hall–Kier alpha value is -0.940. The summed E-state index contributed by atoms with van der Waals surface area (Å²) >= 11 is 3.39. The van der Waals surface area contributed by atoms with Gasteiger partial charge in [-0.05, 0) is 40.4 Å². The highest BCUT2D eigenvalue weighted by atomic mass is 79.9. The topological polar surface area (TPSA) is 42.4 Å². The maximum atomic E-state index is 12.2. The second-order valence-electron chi connectivity index (χ2n) is 4.26. The third-order valence-electron chi connectivity index (χ3n) is 3.02. The monoisotopic (exact) mass is 298 g/mol. The molecule has 2 unspecified atom stereocenters. The molecule has 0 saturated carbocycles. The lowest BCUT2D eigenvalue weighted by molar-refractivity contribution is -0.128. The minimum absolute atomic E-state index is 0.0330. The molecule has 1 aliphatic heterocycles. The molecule has 0 spiro atoms. The number of amides is 1. The van der Waals surface area contributed by atoms with Crippen molar-refractivity contribution in [3.63, 3.8) is 0 Å². The first-order chi connectivity index (χ1) is 8.11. The van der Waals surface area contributed by atoms with Gasteiger partial charge in [0, 0.05) is 19.9 Å². The number of pyridine rings is 1. The molecular weight excluding hydrogens is 284 g/mol. The number of rotatable bonds is 2. The van der Waals surface area contributed by atoms with Crippen LogP contribution in [0.1, 0.15) is 13.3 Å². The van der Waals surface area contributed by atoms with Crippen LogP contribution in [-0.4, -0.2) is 30.6 Å². The molecule has 1 saturated heterocycles. The van der Waals surface area contributed by atoms with E-state index in [9.17, 15) is 4.79 Å². The molecule has 1 aliphatic rings. The molecule has 2 atom stereocenters. The Morgan fingerprint density at radius 3 is 3.00 bits per heavy atom. The van der Waals surface area contributed by atoms with Gasteiger partial charge in [0.05, 0.1) is 4.47 Å². The van der Waals surface area contributed by atoms with Crippen molar-refractivity contribution < 1.29 is 9.53 Å². The van der Waals surface area contributed by atoms with Gasteiger partial charge in [0.25, 0.3) is 5.91 Å². The number of aromatic nitrogens is 1. The van der Waals surface area contributed by atoms with E-state index in [2.05, 4.69) is 20.9 Å². The smallest absolute Gasteiger partial charge is 0.257 e. The number of ether oxygens (including phenoxy) is 1. The minimum atomic E-state index is -0.339. The van der Waals surface area contributed by atoms with Crippen molar-refractivity contribution in [3.8, 4) is 0 Å². The van der Waals surface area contributed by atoms with Crippen LogP contribution in [0.5, 0.6) is 0 Å². The summed E-state index contributed by atoms with van der Waals surface area (Å²) in [6.07, 6.45) is 2.27. The summed E-state index contributed by atoms with van der Waals surface area (Å²) in [6, 6.07) is 3.69. The lowest BCUT2D eigenvalue weighted by atomic mass is 10.0. The second-order valence-corrected chi connectivity index (χ2v) is 5.12. The molecular formula is C12H15BrN2O2. The fraction of sp³-hybridized carbons (Fsp3) is 0.500. The predicted molar refractivity (Wildman–Crippen MR) is 68.9 cm³/mol. The standard InChI is InChI=1S/C12H15BrN2O2/c1-8-5-7-17-10(8)12(16)15(2)11-9(13)4-3-6-14-11/h3-4,6,8,10H,5,7H2,1-2H3. The second kappa shape index (κ2) is 5.14. The molecule has 5 heteroatoms. The van der Waals surface area contributed by atoms with Gasteiger partial charge < -0.3 is 4.74 Å². The normalized spacial score (nSPS) is 23.7. The SMILES string of the molecule is CC1CCOC1C(=O)N(C)c1ncccc1Br. The molecule has 92 valence electrons. The van der Waals surface area contributed by atoms with Crippen LogP contribution in [-0.2, 0) is 9.53 Å². The van der Waals surface area contributed by atoms with Crippen LogP contribution in [0.2, 0.25) is 0 Å². The molecule has 1 amide bonds. The Labute approximate surface area is 109 Å². The van der Waals surface area contributed by atoms with Gasteiger partial charge in [-0.15, -0.1) is 0 Å². The highest BCUT2D eigenvalue weighted by molar-refractivity contribution is 9.10. The summed E-state index contributed by atoms with van der Waals surface area (Å²) in [7, 11) is 1.73. The third-order valence-corrected chi connectivity index (χ3v) is 3.64. The van der Waals surface area contributed by atoms with Gasteiger partial charge in [0.15, 0.2) is 0 Å². The predicted octanol–water partition coefficient (Wildman–Crippen LogP) is 2.23. The molecule has 1 aromatic rings. The van der Waals surface area contributed by atoms with Crippen LogP contribution in [0.25, 0.3) is 0 Å². The number of carbonyl (C=O) groups is 1. The molecule has 0 N–H and O–H groups in total. The highest BCUT2D eigenvalue weighted by Gasteiger charge is 2.34. The zero-order chi connectivity index (χ0) is 12.4. The average Bonchev–Trinajstić information content (AvgIpc) is 2.74. The summed E-state index contributed by atoms with van der Waals surface area (Å²) < 4.78 is 6.28. The number of anilines is 1. The molecule has 0 bridgehead atoms. The first kappa shape index (κ1) is 12.5. The Balaban J connectivity index is 2.17. The fourth-order valence-electron chi connectivity index (χ4n) is 1.93. The number of likely N-dealkylation sites (N-methyl/N-ethyl adjacent to an activating group) is 1. The Bertz CT molecular complexity index is 425. The van der Waals surface area contributed by atoms with Crippen molar-refractivity contribution in [2.24, 2.45) is 5.92 Å². The maximum Gasteiger partial charge on any atom is 0.257 e. The van der Waals surface area contributed by atoms with Crippen LogP contribution in [0.4, 0.5) is 5.82 Å². The number of carbonyl (C=O) groups excluding carboxylic acids is 1. The van der Waals surface area contributed by atoms with Gasteiger partial charge in [-0.2, -0.15) is 0 Å². The van der Waals surface area contributed by atoms with Crippen LogP contribution in [0, 0.1) is 5.92 Å². The molecule has 1 fully saturated rings. The van der Waals surface area contributed by atoms with Gasteiger partial charge in [-0.25, -0.2) is 4.98 Å². The van der Waals surface area contributed by atoms with E-state index in [0.717, 1.165) is 10.9 Å². The van der Waals surface area contributed by atoms with Crippen LogP contribution in [0.3, 0.4) is 0 Å². The zero-order valence-corrected chi connectivity index (χ0v) is 11.5. The van der Waals surface area contributed by atoms with Crippen molar-refractivity contribution in [1.82, 2.24) is 4.98 Å². The maximum absolute atomic E-state index is 12.2. The Morgan fingerprint density at radius 2 is 2.41 bits per heavy atom. The largest absolute Gasteiger partial charge is 0.368 e. The van der Waals surface area contributed by atoms with Gasteiger partial charge in [0.1, 0.15) is 11.9 Å². The average molecular weight is 299 g/mol. The van der Waals surface area contributed by atoms with Crippen LogP contribution >= 0.6 is 15.9 Å². The van der Waals surface area contributed by atoms with E-state index in [0.29, 0.717) is 12.4 Å². The molecule has 2 heterocycles. The van der Waals surface area contributed by atoms with Crippen molar-refractivity contribution in [2.75, 3.05) is 18.6 Å². The summed E-state index contributed by atoms with van der Waals surface area (Å²) in [6.45, 7) is 2.70. The van der Waals surface area contributed by atoms with Crippen molar-refractivity contribution in [1.29, 1.82) is 0 Å². The molecule has 17 heavy (non-hydrogen) atoms. The van der Waals surface area contributed by atoms with E-state index < -0.39 is 0 Å². The Morgan fingerprint density at radius 1 is 1.65 bits per heavy atom. The first-order valence-electron chi connectivity index (χ1n) is 5.61. The van der Waals surface area contributed by atoms with E-state index >= 15 is 0 Å². The van der Waals surface area contributed by atoms with Gasteiger partial charge in [-0.3, -0.25) is 9.69 Å². The highest BCUT2D eigenvalue weighted by Crippen LogP contribution is 2.26. The molecule has 1 aromatic heterocycles. The zero-order valence-electron chi connectivity index (χ0n) is 9.89. The summed E-state index contributed by atoms with van der Waals surface area (Å²) in [5.41, 5.74) is 0. The molecule has 0 radical (unpaired) electrons. The lowest BCUT2D eigenvalue weighted by Gasteiger charge is -2.22. The van der Waals surface area contributed by atoms with Crippen LogP contribution < -0.4 is 4.90 Å². The third kappa shape index (κ3) is 2.50. The fourth-order valence-corrected chi connectivity index (χ4v) is 2.45. The van der Waals surface area contributed by atoms with Crippen molar-refractivity contribution in [3.05, 3.63) is 22.8 Å². The number of hydrogen-bond donors (Lipinski definition) is 0. The van der Waals surface area contributed by atoms with Crippen LogP contribution in [0.15, 0.2) is 22.8 Å². The summed E-state index contributed by atoms with van der Waals surface area (Å²) in [4.78, 5) is 18.0. The molecule has 0 aromatic carbocycles. The van der Waals surface area contributed by atoms with E-state index in [1.54, 1.807) is 18.1 Å². The van der Waals surface area contributed by atoms with Gasteiger partial charge >= 0.3 is 0 Å². The van der Waals surface area contributed by atoms with E-state index in [1.807, 2.05) is 19.1 Å². The number of nitrogens with zero attached hydrogens (tertiary/aromatic N) is 2. The van der Waals surface area contributed by atoms with E-state index in [-0.39, 0.29) is 17.9 Å².